The first-order valence-electron chi connectivity index (χ1n) is 6.06. The monoisotopic (exact) mass is 250 g/mol. The number of methoxy groups -OCH3 is 1. The number of carbonyl (C=O) groups is 1. The van der Waals surface area contributed by atoms with Crippen molar-refractivity contribution in [3.05, 3.63) is 47.0 Å². The largest absolute Gasteiger partial charge is 0.465 e. The van der Waals surface area contributed by atoms with Crippen LogP contribution >= 0.6 is 0 Å². The van der Waals surface area contributed by atoms with Gasteiger partial charge in [0.05, 0.1) is 12.7 Å². The molecule has 2 rings (SSSR count). The maximum atomic E-state index is 11.2. The first kappa shape index (κ1) is 13.0. The number of esters is 1. The SMILES string of the molecule is COC(=O)c1ccc(C#CC#CC2C=C(C)C2)cc1. The van der Waals surface area contributed by atoms with Crippen molar-refractivity contribution in [3.8, 4) is 23.7 Å². The molecule has 1 aliphatic carbocycles. The van der Waals surface area contributed by atoms with Crippen molar-refractivity contribution in [2.24, 2.45) is 5.92 Å². The van der Waals surface area contributed by atoms with Crippen molar-refractivity contribution in [1.82, 2.24) is 0 Å². The van der Waals surface area contributed by atoms with E-state index in [1.165, 1.54) is 12.7 Å². The van der Waals surface area contributed by atoms with Gasteiger partial charge in [-0.2, -0.15) is 0 Å². The number of rotatable bonds is 1. The van der Waals surface area contributed by atoms with E-state index >= 15 is 0 Å². The molecule has 0 fully saturated rings. The summed E-state index contributed by atoms with van der Waals surface area (Å²) in [5, 5.41) is 0. The Kier molecular flexibility index (Phi) is 4.06. The number of allylic oxidation sites excluding steroid dienone is 2. The summed E-state index contributed by atoms with van der Waals surface area (Å²) >= 11 is 0. The predicted octanol–water partition coefficient (Wildman–Crippen LogP) is 2.79. The summed E-state index contributed by atoms with van der Waals surface area (Å²) in [6.45, 7) is 2.10. The van der Waals surface area contributed by atoms with Gasteiger partial charge in [-0.05, 0) is 49.5 Å². The molecule has 0 bridgehead atoms. The number of hydrogen-bond acceptors (Lipinski definition) is 2. The highest BCUT2D eigenvalue weighted by atomic mass is 16.5. The zero-order valence-corrected chi connectivity index (χ0v) is 11.0. The van der Waals surface area contributed by atoms with E-state index in [2.05, 4.69) is 41.4 Å². The van der Waals surface area contributed by atoms with Crippen LogP contribution in [-0.4, -0.2) is 13.1 Å². The average Bonchev–Trinajstić information content (AvgIpc) is 2.41. The molecular weight excluding hydrogens is 236 g/mol. The van der Waals surface area contributed by atoms with Crippen LogP contribution in [0, 0.1) is 29.6 Å². The van der Waals surface area contributed by atoms with E-state index in [4.69, 9.17) is 0 Å². The lowest BCUT2D eigenvalue weighted by Gasteiger charge is -2.16. The number of benzene rings is 1. The van der Waals surface area contributed by atoms with Gasteiger partial charge in [0.15, 0.2) is 0 Å². The van der Waals surface area contributed by atoms with Gasteiger partial charge in [0.2, 0.25) is 0 Å². The van der Waals surface area contributed by atoms with E-state index in [0.29, 0.717) is 11.5 Å². The van der Waals surface area contributed by atoms with Gasteiger partial charge >= 0.3 is 5.97 Å². The van der Waals surface area contributed by atoms with Crippen molar-refractivity contribution in [3.63, 3.8) is 0 Å². The molecule has 0 N–H and O–H groups in total. The standard InChI is InChI=1S/C17H14O2/c1-13-11-15(12-13)6-4-3-5-14-7-9-16(10-8-14)17(18)19-2/h7-11,15H,12H2,1-2H3. The third kappa shape index (κ3) is 3.50. The molecule has 2 nitrogen and oxygen atoms in total. The number of carbonyl (C=O) groups excluding carboxylic acids is 1. The fourth-order valence-corrected chi connectivity index (χ4v) is 1.79. The van der Waals surface area contributed by atoms with E-state index < -0.39 is 0 Å². The van der Waals surface area contributed by atoms with E-state index in [0.717, 1.165) is 12.0 Å². The minimum Gasteiger partial charge on any atom is -0.465 e. The minimum absolute atomic E-state index is 0.341. The highest BCUT2D eigenvalue weighted by molar-refractivity contribution is 5.89. The van der Waals surface area contributed by atoms with Crippen LogP contribution in [0.3, 0.4) is 0 Å². The predicted molar refractivity (Wildman–Crippen MR) is 74.3 cm³/mol. The Labute approximate surface area is 113 Å². The summed E-state index contributed by atoms with van der Waals surface area (Å²) in [5.74, 6) is 11.7. The molecule has 0 aromatic heterocycles. The maximum absolute atomic E-state index is 11.2. The summed E-state index contributed by atoms with van der Waals surface area (Å²) in [7, 11) is 1.36. The molecule has 2 heteroatoms. The third-order valence-corrected chi connectivity index (χ3v) is 2.86. The van der Waals surface area contributed by atoms with E-state index in [1.807, 2.05) is 0 Å². The van der Waals surface area contributed by atoms with Crippen LogP contribution in [0.1, 0.15) is 29.3 Å². The fraction of sp³-hybridized carbons (Fsp3) is 0.235. The molecular formula is C17H14O2. The maximum Gasteiger partial charge on any atom is 0.337 e. The second-order valence-electron chi connectivity index (χ2n) is 4.41. The topological polar surface area (TPSA) is 26.3 Å². The number of ether oxygens (including phenoxy) is 1. The number of hydrogen-bond donors (Lipinski definition) is 0. The van der Waals surface area contributed by atoms with Gasteiger partial charge in [0.1, 0.15) is 0 Å². The minimum atomic E-state index is -0.341. The molecule has 0 saturated carbocycles. The molecule has 19 heavy (non-hydrogen) atoms. The Balaban J connectivity index is 1.98. The zero-order valence-electron chi connectivity index (χ0n) is 11.0. The van der Waals surface area contributed by atoms with E-state index in [9.17, 15) is 4.79 Å². The second kappa shape index (κ2) is 5.94. The van der Waals surface area contributed by atoms with Crippen molar-refractivity contribution >= 4 is 5.97 Å². The van der Waals surface area contributed by atoms with Crippen LogP contribution in [0.2, 0.25) is 0 Å². The van der Waals surface area contributed by atoms with Crippen molar-refractivity contribution in [2.75, 3.05) is 7.11 Å². The van der Waals surface area contributed by atoms with Crippen LogP contribution in [-0.2, 0) is 4.74 Å². The van der Waals surface area contributed by atoms with Gasteiger partial charge in [-0.1, -0.05) is 23.5 Å². The molecule has 0 amide bonds. The highest BCUT2D eigenvalue weighted by Gasteiger charge is 2.11. The van der Waals surface area contributed by atoms with Crippen molar-refractivity contribution in [2.45, 2.75) is 13.3 Å². The Morgan fingerprint density at radius 1 is 1.26 bits per heavy atom. The van der Waals surface area contributed by atoms with Crippen LogP contribution in [0.25, 0.3) is 0 Å². The molecule has 0 aliphatic heterocycles. The van der Waals surface area contributed by atoms with Crippen LogP contribution in [0.15, 0.2) is 35.9 Å². The third-order valence-electron chi connectivity index (χ3n) is 2.86. The Morgan fingerprint density at radius 2 is 1.95 bits per heavy atom. The van der Waals surface area contributed by atoms with Gasteiger partial charge in [0, 0.05) is 11.5 Å². The van der Waals surface area contributed by atoms with Gasteiger partial charge in [-0.3, -0.25) is 0 Å². The van der Waals surface area contributed by atoms with Crippen molar-refractivity contribution < 1.29 is 9.53 Å². The Hall–Kier alpha value is -2.45. The van der Waals surface area contributed by atoms with Gasteiger partial charge < -0.3 is 4.74 Å². The quantitative estimate of drug-likeness (QED) is 0.435. The van der Waals surface area contributed by atoms with E-state index in [1.54, 1.807) is 24.3 Å². The molecule has 0 saturated heterocycles. The highest BCUT2D eigenvalue weighted by Crippen LogP contribution is 2.23. The van der Waals surface area contributed by atoms with Gasteiger partial charge in [-0.15, -0.1) is 0 Å². The average molecular weight is 250 g/mol. The zero-order chi connectivity index (χ0) is 13.7. The van der Waals surface area contributed by atoms with Gasteiger partial charge in [0.25, 0.3) is 0 Å². The van der Waals surface area contributed by atoms with Crippen molar-refractivity contribution in [1.29, 1.82) is 0 Å². The summed E-state index contributed by atoms with van der Waals surface area (Å²) in [6, 6.07) is 6.96. The molecule has 1 aromatic rings. The van der Waals surface area contributed by atoms with Crippen LogP contribution in [0.5, 0.6) is 0 Å². The lowest BCUT2D eigenvalue weighted by atomic mass is 9.88. The molecule has 1 aromatic carbocycles. The molecule has 0 spiro atoms. The van der Waals surface area contributed by atoms with E-state index in [-0.39, 0.29) is 5.97 Å². The molecule has 0 radical (unpaired) electrons. The lowest BCUT2D eigenvalue weighted by Crippen LogP contribution is -2.04. The summed E-state index contributed by atoms with van der Waals surface area (Å²) in [4.78, 5) is 11.2. The summed E-state index contributed by atoms with van der Waals surface area (Å²) < 4.78 is 4.63. The van der Waals surface area contributed by atoms with Crippen LogP contribution < -0.4 is 0 Å². The molecule has 94 valence electrons. The normalized spacial score (nSPS) is 15.9. The molecule has 1 aliphatic rings. The second-order valence-corrected chi connectivity index (χ2v) is 4.41. The van der Waals surface area contributed by atoms with Gasteiger partial charge in [-0.25, -0.2) is 4.79 Å². The fourth-order valence-electron chi connectivity index (χ4n) is 1.79. The first-order valence-corrected chi connectivity index (χ1v) is 6.06. The molecule has 1 unspecified atom stereocenters. The summed E-state index contributed by atoms with van der Waals surface area (Å²) in [5.41, 5.74) is 2.75. The molecule has 0 heterocycles. The Morgan fingerprint density at radius 3 is 2.53 bits per heavy atom. The van der Waals surface area contributed by atoms with Crippen LogP contribution in [0.4, 0.5) is 0 Å². The summed E-state index contributed by atoms with van der Waals surface area (Å²) in [6.07, 6.45) is 3.21. The molecule has 1 atom stereocenters. The Bertz CT molecular complexity index is 628. The lowest BCUT2D eigenvalue weighted by molar-refractivity contribution is 0.0601. The smallest absolute Gasteiger partial charge is 0.337 e. The first-order chi connectivity index (χ1) is 9.19.